The van der Waals surface area contributed by atoms with E-state index in [2.05, 4.69) is 0 Å². The lowest BCUT2D eigenvalue weighted by molar-refractivity contribution is -0.148. The first-order chi connectivity index (χ1) is 14.5. The number of hydrogen-bond donors (Lipinski definition) is 0. The summed E-state index contributed by atoms with van der Waals surface area (Å²) >= 11 is 0. The summed E-state index contributed by atoms with van der Waals surface area (Å²) in [6.45, 7) is 1.74. The molecule has 6 nitrogen and oxygen atoms in total. The highest BCUT2D eigenvalue weighted by Gasteiger charge is 2.45. The number of fused-ring (bicyclic) bond motifs is 1. The second kappa shape index (κ2) is 8.02. The van der Waals surface area contributed by atoms with Crippen LogP contribution in [0.25, 0.3) is 0 Å². The van der Waals surface area contributed by atoms with Crippen molar-refractivity contribution in [3.8, 4) is 11.5 Å². The number of aryl methyl sites for hydroxylation is 1. The van der Waals surface area contributed by atoms with E-state index in [-0.39, 0.29) is 23.7 Å². The van der Waals surface area contributed by atoms with E-state index < -0.39 is 23.6 Å². The predicted octanol–water partition coefficient (Wildman–Crippen LogP) is 3.73. The summed E-state index contributed by atoms with van der Waals surface area (Å²) in [6, 6.07) is 14.7. The summed E-state index contributed by atoms with van der Waals surface area (Å²) in [5.41, 5.74) is 0.867. The number of carbonyl (C=O) groups is 1. The molecule has 1 aliphatic heterocycles. The second-order valence-electron chi connectivity index (χ2n) is 6.92. The highest BCUT2D eigenvalue weighted by molar-refractivity contribution is 5.79. The molecule has 154 valence electrons. The van der Waals surface area contributed by atoms with E-state index >= 15 is 0 Å². The van der Waals surface area contributed by atoms with Crippen molar-refractivity contribution in [1.82, 2.24) is 0 Å². The summed E-state index contributed by atoms with van der Waals surface area (Å²) in [7, 11) is 1.26. The van der Waals surface area contributed by atoms with Gasteiger partial charge in [-0.05, 0) is 30.7 Å². The lowest BCUT2D eigenvalue weighted by Gasteiger charge is -2.20. The monoisotopic (exact) mass is 410 g/mol. The fourth-order valence-corrected chi connectivity index (χ4v) is 3.60. The fourth-order valence-electron chi connectivity index (χ4n) is 3.60. The molecule has 0 aliphatic carbocycles. The number of hydrogen-bond acceptors (Lipinski definition) is 6. The van der Waals surface area contributed by atoms with Crippen LogP contribution in [0.15, 0.2) is 63.8 Å². The topological polar surface area (TPSA) is 75.0 Å². The van der Waals surface area contributed by atoms with E-state index in [4.69, 9.17) is 18.6 Å². The van der Waals surface area contributed by atoms with Crippen LogP contribution in [0, 0.1) is 12.7 Å². The summed E-state index contributed by atoms with van der Waals surface area (Å²) < 4.78 is 35.3. The van der Waals surface area contributed by atoms with Gasteiger partial charge in [0.1, 0.15) is 29.7 Å². The van der Waals surface area contributed by atoms with Crippen LogP contribution in [0.5, 0.6) is 11.5 Å². The first kappa shape index (κ1) is 19.7. The minimum Gasteiger partial charge on any atom is -0.489 e. The minimum atomic E-state index is -1.06. The number of rotatable bonds is 5. The SMILES string of the molecule is COC(=O)[C@@H]1Oc2cc(C)oc(=O)c2[C@H]1c1ccccc1OCc1cccc(F)c1. The highest BCUT2D eigenvalue weighted by Crippen LogP contribution is 2.44. The first-order valence-corrected chi connectivity index (χ1v) is 9.33. The standard InChI is InChI=1S/C23H19FO6/c1-13-10-18-20(22(25)29-13)19(21(30-18)23(26)27-2)16-8-3-4-9-17(16)28-12-14-6-5-7-15(24)11-14/h3-11,19,21H,12H2,1-2H3/t19-,21-/m1/s1. The molecule has 0 fully saturated rings. The normalized spacial score (nSPS) is 17.2. The number of para-hydroxylation sites is 1. The van der Waals surface area contributed by atoms with Gasteiger partial charge in [-0.15, -0.1) is 0 Å². The van der Waals surface area contributed by atoms with Gasteiger partial charge >= 0.3 is 11.6 Å². The molecule has 4 rings (SSSR count). The molecule has 1 aliphatic rings. The van der Waals surface area contributed by atoms with Gasteiger partial charge in [0.2, 0.25) is 6.10 Å². The van der Waals surface area contributed by atoms with Crippen molar-refractivity contribution in [3.63, 3.8) is 0 Å². The molecule has 30 heavy (non-hydrogen) atoms. The van der Waals surface area contributed by atoms with Crippen molar-refractivity contribution in [2.75, 3.05) is 7.11 Å². The van der Waals surface area contributed by atoms with Crippen LogP contribution in [-0.2, 0) is 16.1 Å². The van der Waals surface area contributed by atoms with E-state index in [0.717, 1.165) is 0 Å². The third-order valence-electron chi connectivity index (χ3n) is 4.91. The Labute approximate surface area is 171 Å². The molecule has 0 saturated carbocycles. The molecule has 7 heteroatoms. The van der Waals surface area contributed by atoms with Crippen molar-refractivity contribution in [2.45, 2.75) is 25.6 Å². The van der Waals surface area contributed by atoms with Crippen LogP contribution >= 0.6 is 0 Å². The number of carbonyl (C=O) groups excluding carboxylic acids is 1. The zero-order valence-electron chi connectivity index (χ0n) is 16.4. The second-order valence-corrected chi connectivity index (χ2v) is 6.92. The molecule has 1 aromatic heterocycles. The molecule has 2 atom stereocenters. The maximum atomic E-state index is 13.5. The third kappa shape index (κ3) is 3.66. The third-order valence-corrected chi connectivity index (χ3v) is 4.91. The Bertz CT molecular complexity index is 1150. The van der Waals surface area contributed by atoms with Crippen LogP contribution in [-0.4, -0.2) is 19.2 Å². The Morgan fingerprint density at radius 1 is 1.13 bits per heavy atom. The number of ether oxygens (including phenoxy) is 3. The van der Waals surface area contributed by atoms with E-state index in [9.17, 15) is 14.0 Å². The molecule has 0 N–H and O–H groups in total. The maximum Gasteiger partial charge on any atom is 0.348 e. The average Bonchev–Trinajstić information content (AvgIpc) is 3.11. The molecule has 0 spiro atoms. The van der Waals surface area contributed by atoms with Crippen LogP contribution in [0.3, 0.4) is 0 Å². The zero-order valence-corrected chi connectivity index (χ0v) is 16.4. The van der Waals surface area contributed by atoms with E-state index in [1.165, 1.54) is 19.2 Å². The van der Waals surface area contributed by atoms with Crippen LogP contribution in [0.1, 0.15) is 28.4 Å². The van der Waals surface area contributed by atoms with Gasteiger partial charge in [0, 0.05) is 11.6 Å². The molecular weight excluding hydrogens is 391 g/mol. The molecule has 0 saturated heterocycles. The quantitative estimate of drug-likeness (QED) is 0.597. The summed E-state index contributed by atoms with van der Waals surface area (Å²) in [6.07, 6.45) is -1.06. The summed E-state index contributed by atoms with van der Waals surface area (Å²) in [5, 5.41) is 0. The summed E-state index contributed by atoms with van der Waals surface area (Å²) in [5.74, 6) is -0.651. The Balaban J connectivity index is 1.75. The van der Waals surface area contributed by atoms with Crippen molar-refractivity contribution >= 4 is 5.97 Å². The van der Waals surface area contributed by atoms with Gasteiger partial charge in [-0.2, -0.15) is 0 Å². The largest absolute Gasteiger partial charge is 0.489 e. The van der Waals surface area contributed by atoms with E-state index in [1.54, 1.807) is 49.4 Å². The van der Waals surface area contributed by atoms with Crippen molar-refractivity contribution < 1.29 is 27.8 Å². The highest BCUT2D eigenvalue weighted by atomic mass is 19.1. The van der Waals surface area contributed by atoms with Gasteiger partial charge in [-0.1, -0.05) is 30.3 Å². The van der Waals surface area contributed by atoms with Crippen LogP contribution < -0.4 is 15.1 Å². The Kier molecular flexibility index (Phi) is 5.27. The fraction of sp³-hybridized carbons (Fsp3) is 0.217. The number of methoxy groups -OCH3 is 1. The minimum absolute atomic E-state index is 0.112. The Morgan fingerprint density at radius 3 is 2.70 bits per heavy atom. The van der Waals surface area contributed by atoms with Gasteiger partial charge in [0.15, 0.2) is 0 Å². The average molecular weight is 410 g/mol. The van der Waals surface area contributed by atoms with Crippen LogP contribution in [0.4, 0.5) is 4.39 Å². The lowest BCUT2D eigenvalue weighted by atomic mass is 9.88. The van der Waals surface area contributed by atoms with Crippen molar-refractivity contribution in [1.29, 1.82) is 0 Å². The molecule has 0 unspecified atom stereocenters. The molecule has 2 aromatic carbocycles. The van der Waals surface area contributed by atoms with Gasteiger partial charge in [0.25, 0.3) is 0 Å². The van der Waals surface area contributed by atoms with Crippen LogP contribution in [0.2, 0.25) is 0 Å². The number of benzene rings is 2. The number of esters is 1. The molecule has 0 radical (unpaired) electrons. The van der Waals surface area contributed by atoms with Gasteiger partial charge < -0.3 is 18.6 Å². The smallest absolute Gasteiger partial charge is 0.348 e. The lowest BCUT2D eigenvalue weighted by Crippen LogP contribution is -2.32. The maximum absolute atomic E-state index is 13.5. The molecular formula is C23H19FO6. The molecule has 0 amide bonds. The first-order valence-electron chi connectivity index (χ1n) is 9.33. The zero-order chi connectivity index (χ0) is 21.3. The molecule has 2 heterocycles. The van der Waals surface area contributed by atoms with Gasteiger partial charge in [-0.3, -0.25) is 0 Å². The Hall–Kier alpha value is -3.61. The van der Waals surface area contributed by atoms with Crippen molar-refractivity contribution in [2.24, 2.45) is 0 Å². The van der Waals surface area contributed by atoms with Gasteiger partial charge in [0.05, 0.1) is 18.6 Å². The molecule has 0 bridgehead atoms. The Morgan fingerprint density at radius 2 is 1.93 bits per heavy atom. The molecule has 3 aromatic rings. The van der Waals surface area contributed by atoms with Crippen molar-refractivity contribution in [3.05, 3.63) is 93.3 Å². The van der Waals surface area contributed by atoms with Gasteiger partial charge in [-0.25, -0.2) is 14.0 Å². The predicted molar refractivity (Wildman–Crippen MR) is 105 cm³/mol. The summed E-state index contributed by atoms with van der Waals surface area (Å²) in [4.78, 5) is 25.0. The van der Waals surface area contributed by atoms with E-state index in [1.807, 2.05) is 0 Å². The number of halogens is 1. The van der Waals surface area contributed by atoms with E-state index in [0.29, 0.717) is 22.6 Å².